The highest BCUT2D eigenvalue weighted by molar-refractivity contribution is 7.92. The molecule has 1 amide bonds. The van der Waals surface area contributed by atoms with Crippen LogP contribution in [-0.4, -0.2) is 41.8 Å². The molecule has 0 bridgehead atoms. The minimum Gasteiger partial charge on any atom is -0.497 e. The highest BCUT2D eigenvalue weighted by Gasteiger charge is 2.22. The normalized spacial score (nSPS) is 12.5. The Hall–Kier alpha value is -3.92. The molecule has 0 saturated carbocycles. The number of benzene rings is 3. The van der Waals surface area contributed by atoms with Gasteiger partial charge in [-0.2, -0.15) is 0 Å². The molecule has 0 spiro atoms. The van der Waals surface area contributed by atoms with Gasteiger partial charge in [0.15, 0.2) is 11.5 Å². The van der Waals surface area contributed by atoms with Crippen LogP contribution < -0.4 is 29.0 Å². The van der Waals surface area contributed by atoms with Crippen molar-refractivity contribution in [3.8, 4) is 23.0 Å². The second kappa shape index (κ2) is 9.29. The van der Waals surface area contributed by atoms with Gasteiger partial charge >= 0.3 is 0 Å². The van der Waals surface area contributed by atoms with Gasteiger partial charge in [-0.1, -0.05) is 0 Å². The fourth-order valence-electron chi connectivity index (χ4n) is 3.22. The zero-order valence-corrected chi connectivity index (χ0v) is 18.8. The third-order valence-corrected chi connectivity index (χ3v) is 6.26. The molecule has 0 atom stereocenters. The third-order valence-electron chi connectivity index (χ3n) is 4.86. The van der Waals surface area contributed by atoms with Gasteiger partial charge in [0.2, 0.25) is 0 Å². The van der Waals surface area contributed by atoms with Crippen LogP contribution >= 0.6 is 0 Å². The fourth-order valence-corrected chi connectivity index (χ4v) is 4.48. The van der Waals surface area contributed by atoms with Gasteiger partial charge < -0.3 is 24.3 Å². The third kappa shape index (κ3) is 4.96. The molecule has 3 aromatic rings. The van der Waals surface area contributed by atoms with Crippen molar-refractivity contribution in [3.63, 3.8) is 0 Å². The van der Waals surface area contributed by atoms with Gasteiger partial charge in [-0.25, -0.2) is 8.42 Å². The molecule has 0 saturated heterocycles. The molecule has 10 heteroatoms. The molecule has 2 N–H and O–H groups in total. The number of carbonyl (C=O) groups excluding carboxylic acids is 1. The van der Waals surface area contributed by atoms with Crippen LogP contribution in [0.5, 0.6) is 23.0 Å². The number of rotatable bonds is 7. The van der Waals surface area contributed by atoms with E-state index in [9.17, 15) is 13.2 Å². The summed E-state index contributed by atoms with van der Waals surface area (Å²) in [5.74, 6) is 1.35. The van der Waals surface area contributed by atoms with E-state index in [-0.39, 0.29) is 16.3 Å². The molecule has 0 unspecified atom stereocenters. The van der Waals surface area contributed by atoms with E-state index in [1.165, 1.54) is 26.4 Å². The molecular formula is C23H22N2O7S. The molecule has 0 fully saturated rings. The van der Waals surface area contributed by atoms with E-state index < -0.39 is 15.9 Å². The Balaban J connectivity index is 1.57. The Morgan fingerprint density at radius 3 is 2.24 bits per heavy atom. The average molecular weight is 471 g/mol. The zero-order valence-electron chi connectivity index (χ0n) is 18.0. The quantitative estimate of drug-likeness (QED) is 0.543. The topological polar surface area (TPSA) is 112 Å². The van der Waals surface area contributed by atoms with Crippen LogP contribution in [0.25, 0.3) is 0 Å². The minimum absolute atomic E-state index is 0.124. The lowest BCUT2D eigenvalue weighted by atomic mass is 10.1. The van der Waals surface area contributed by atoms with Gasteiger partial charge in [-0.15, -0.1) is 0 Å². The maximum absolute atomic E-state index is 13.0. The summed E-state index contributed by atoms with van der Waals surface area (Å²) in [4.78, 5) is 12.6. The van der Waals surface area contributed by atoms with Gasteiger partial charge in [0, 0.05) is 16.9 Å². The standard InChI is InChI=1S/C23H22N2O7S/c1-29-18-7-4-16(5-8-18)25-33(27,28)22-14-17(6-10-20(22)30-2)24-23(26)15-3-9-19-21(13-15)32-12-11-31-19/h3-10,13-14,25H,11-12H2,1-2H3,(H,24,26). The van der Waals surface area contributed by atoms with Crippen LogP contribution in [0.2, 0.25) is 0 Å². The van der Waals surface area contributed by atoms with Crippen molar-refractivity contribution < 1.29 is 32.2 Å². The predicted octanol–water partition coefficient (Wildman–Crippen LogP) is 3.53. The summed E-state index contributed by atoms with van der Waals surface area (Å²) < 4.78 is 49.9. The van der Waals surface area contributed by atoms with Crippen LogP contribution in [-0.2, 0) is 10.0 Å². The molecule has 0 radical (unpaired) electrons. The van der Waals surface area contributed by atoms with E-state index in [0.717, 1.165) is 0 Å². The Bertz CT molecular complexity index is 1270. The Morgan fingerprint density at radius 1 is 0.848 bits per heavy atom. The van der Waals surface area contributed by atoms with E-state index in [4.69, 9.17) is 18.9 Å². The van der Waals surface area contributed by atoms with Crippen molar-refractivity contribution in [2.75, 3.05) is 37.5 Å². The van der Waals surface area contributed by atoms with Crippen molar-refractivity contribution >= 4 is 27.3 Å². The second-order valence-electron chi connectivity index (χ2n) is 7.01. The van der Waals surface area contributed by atoms with Crippen LogP contribution in [0.3, 0.4) is 0 Å². The Morgan fingerprint density at radius 2 is 1.55 bits per heavy atom. The van der Waals surface area contributed by atoms with Gasteiger partial charge in [0.25, 0.3) is 15.9 Å². The van der Waals surface area contributed by atoms with E-state index in [2.05, 4.69) is 10.0 Å². The van der Waals surface area contributed by atoms with E-state index in [1.54, 1.807) is 48.5 Å². The van der Waals surface area contributed by atoms with E-state index >= 15 is 0 Å². The van der Waals surface area contributed by atoms with Crippen molar-refractivity contribution in [1.82, 2.24) is 0 Å². The van der Waals surface area contributed by atoms with Crippen LogP contribution in [0, 0.1) is 0 Å². The smallest absolute Gasteiger partial charge is 0.265 e. The molecule has 1 aliphatic rings. The molecule has 1 aliphatic heterocycles. The SMILES string of the molecule is COc1ccc(NS(=O)(=O)c2cc(NC(=O)c3ccc4c(c3)OCCO4)ccc2OC)cc1. The maximum atomic E-state index is 13.0. The lowest BCUT2D eigenvalue weighted by Crippen LogP contribution is -2.18. The number of hydrogen-bond acceptors (Lipinski definition) is 7. The highest BCUT2D eigenvalue weighted by Crippen LogP contribution is 2.32. The maximum Gasteiger partial charge on any atom is 0.265 e. The van der Waals surface area contributed by atoms with Gasteiger partial charge in [0.1, 0.15) is 29.6 Å². The molecule has 1 heterocycles. The van der Waals surface area contributed by atoms with Crippen molar-refractivity contribution in [3.05, 3.63) is 66.2 Å². The van der Waals surface area contributed by atoms with E-state index in [1.807, 2.05) is 0 Å². The molecular weight excluding hydrogens is 448 g/mol. The molecule has 0 aliphatic carbocycles. The monoisotopic (exact) mass is 470 g/mol. The number of hydrogen-bond donors (Lipinski definition) is 2. The summed E-state index contributed by atoms with van der Waals surface area (Å²) in [5.41, 5.74) is 0.977. The predicted molar refractivity (Wildman–Crippen MR) is 122 cm³/mol. The van der Waals surface area contributed by atoms with Crippen molar-refractivity contribution in [1.29, 1.82) is 0 Å². The molecule has 4 rings (SSSR count). The molecule has 33 heavy (non-hydrogen) atoms. The lowest BCUT2D eigenvalue weighted by Gasteiger charge is -2.18. The summed E-state index contributed by atoms with van der Waals surface area (Å²) in [6.07, 6.45) is 0. The van der Waals surface area contributed by atoms with Crippen molar-refractivity contribution in [2.45, 2.75) is 4.90 Å². The van der Waals surface area contributed by atoms with Gasteiger partial charge in [0.05, 0.1) is 14.2 Å². The van der Waals surface area contributed by atoms with E-state index in [0.29, 0.717) is 41.7 Å². The number of fused-ring (bicyclic) bond motifs is 1. The summed E-state index contributed by atoms with van der Waals surface area (Å²) in [6.45, 7) is 0.852. The zero-order chi connectivity index (χ0) is 23.4. The first kappa shape index (κ1) is 22.3. The number of carbonyl (C=O) groups is 1. The Kier molecular flexibility index (Phi) is 6.27. The lowest BCUT2D eigenvalue weighted by molar-refractivity contribution is 0.102. The number of anilines is 2. The summed E-state index contributed by atoms with van der Waals surface area (Å²) in [5, 5.41) is 2.71. The number of sulfonamides is 1. The first-order chi connectivity index (χ1) is 15.9. The average Bonchev–Trinajstić information content (AvgIpc) is 2.84. The number of methoxy groups -OCH3 is 2. The molecule has 172 valence electrons. The molecule has 3 aromatic carbocycles. The first-order valence-electron chi connectivity index (χ1n) is 9.95. The number of ether oxygens (including phenoxy) is 4. The highest BCUT2D eigenvalue weighted by atomic mass is 32.2. The largest absolute Gasteiger partial charge is 0.497 e. The second-order valence-corrected chi connectivity index (χ2v) is 8.66. The summed E-state index contributed by atoms with van der Waals surface area (Å²) >= 11 is 0. The van der Waals surface area contributed by atoms with Crippen molar-refractivity contribution in [2.24, 2.45) is 0 Å². The fraction of sp³-hybridized carbons (Fsp3) is 0.174. The van der Waals surface area contributed by atoms with Gasteiger partial charge in [-0.3, -0.25) is 9.52 Å². The first-order valence-corrected chi connectivity index (χ1v) is 11.4. The van der Waals surface area contributed by atoms with Gasteiger partial charge in [-0.05, 0) is 60.7 Å². The Labute approximate surface area is 191 Å². The van der Waals surface area contributed by atoms with Crippen LogP contribution in [0.4, 0.5) is 11.4 Å². The van der Waals surface area contributed by atoms with Crippen LogP contribution in [0.15, 0.2) is 65.6 Å². The number of amides is 1. The van der Waals surface area contributed by atoms with Crippen LogP contribution in [0.1, 0.15) is 10.4 Å². The summed E-state index contributed by atoms with van der Waals surface area (Å²) in [7, 11) is -1.12. The molecule has 0 aromatic heterocycles. The molecule has 9 nitrogen and oxygen atoms in total. The number of nitrogens with one attached hydrogen (secondary N) is 2. The summed E-state index contributed by atoms with van der Waals surface area (Å²) in [6, 6.07) is 15.6. The minimum atomic E-state index is -4.01.